The first-order chi connectivity index (χ1) is 8.16. The summed E-state index contributed by atoms with van der Waals surface area (Å²) >= 11 is 0. The molecule has 0 radical (unpaired) electrons. The fourth-order valence-corrected chi connectivity index (χ4v) is 2.18. The molecule has 1 aliphatic rings. The summed E-state index contributed by atoms with van der Waals surface area (Å²) in [5.74, 6) is -0.290. The lowest BCUT2D eigenvalue weighted by atomic mass is 9.73. The number of primary amides is 1. The molecule has 3 N–H and O–H groups in total. The molecule has 17 heavy (non-hydrogen) atoms. The molecule has 0 aromatic heterocycles. The van der Waals surface area contributed by atoms with Gasteiger partial charge in [0.05, 0.1) is 6.10 Å². The summed E-state index contributed by atoms with van der Waals surface area (Å²) in [5.41, 5.74) is 6.02. The highest BCUT2D eigenvalue weighted by molar-refractivity contribution is 5.86. The molecule has 1 aromatic rings. The van der Waals surface area contributed by atoms with Crippen LogP contribution in [0.3, 0.4) is 0 Å². The topological polar surface area (TPSA) is 64.3 Å². The fraction of sp³-hybridized carbons (Fsp3) is 0.462. The van der Waals surface area contributed by atoms with E-state index in [0.717, 1.165) is 5.56 Å². The molecular weight excluding hydrogens is 216 g/mol. The van der Waals surface area contributed by atoms with Crippen molar-refractivity contribution in [2.24, 2.45) is 5.73 Å². The summed E-state index contributed by atoms with van der Waals surface area (Å²) in [6, 6.07) is 9.97. The summed E-state index contributed by atoms with van der Waals surface area (Å²) < 4.78 is 5.20. The SMILES string of the molecule is COC1CC(NCc2ccccc2)(C(N)=O)C1. The number of hydrogen-bond donors (Lipinski definition) is 2. The van der Waals surface area contributed by atoms with Crippen LogP contribution >= 0.6 is 0 Å². The first kappa shape index (κ1) is 12.1. The van der Waals surface area contributed by atoms with Gasteiger partial charge in [-0.15, -0.1) is 0 Å². The number of benzene rings is 1. The van der Waals surface area contributed by atoms with Gasteiger partial charge in [-0.05, 0) is 5.56 Å². The molecule has 1 aromatic carbocycles. The third-order valence-electron chi connectivity index (χ3n) is 3.43. The molecule has 0 aliphatic heterocycles. The number of methoxy groups -OCH3 is 1. The minimum atomic E-state index is -0.587. The Morgan fingerprint density at radius 1 is 1.47 bits per heavy atom. The Balaban J connectivity index is 1.94. The van der Waals surface area contributed by atoms with Gasteiger partial charge in [0.2, 0.25) is 5.91 Å². The van der Waals surface area contributed by atoms with Gasteiger partial charge in [-0.25, -0.2) is 0 Å². The Morgan fingerprint density at radius 3 is 2.65 bits per heavy atom. The largest absolute Gasteiger partial charge is 0.381 e. The molecule has 0 unspecified atom stereocenters. The third kappa shape index (κ3) is 2.48. The van der Waals surface area contributed by atoms with Crippen molar-refractivity contribution < 1.29 is 9.53 Å². The smallest absolute Gasteiger partial charge is 0.237 e. The predicted molar refractivity (Wildman–Crippen MR) is 65.2 cm³/mol. The lowest BCUT2D eigenvalue weighted by molar-refractivity contribution is -0.135. The Hall–Kier alpha value is -1.39. The zero-order valence-corrected chi connectivity index (χ0v) is 9.98. The van der Waals surface area contributed by atoms with Crippen LogP contribution in [0.5, 0.6) is 0 Å². The molecule has 0 atom stereocenters. The summed E-state index contributed by atoms with van der Waals surface area (Å²) in [6.07, 6.45) is 1.46. The van der Waals surface area contributed by atoms with Gasteiger partial charge in [-0.2, -0.15) is 0 Å². The second-order valence-electron chi connectivity index (χ2n) is 4.55. The van der Waals surface area contributed by atoms with Gasteiger partial charge in [0.15, 0.2) is 0 Å². The van der Waals surface area contributed by atoms with Crippen molar-refractivity contribution in [3.8, 4) is 0 Å². The molecule has 1 saturated carbocycles. The number of amides is 1. The number of carbonyl (C=O) groups excluding carboxylic acids is 1. The number of nitrogens with two attached hydrogens (primary N) is 1. The van der Waals surface area contributed by atoms with Crippen molar-refractivity contribution in [2.45, 2.75) is 31.0 Å². The van der Waals surface area contributed by atoms with Gasteiger partial charge >= 0.3 is 0 Å². The molecule has 1 amide bonds. The van der Waals surface area contributed by atoms with Gasteiger partial charge < -0.3 is 10.5 Å². The van der Waals surface area contributed by atoms with Gasteiger partial charge in [-0.3, -0.25) is 10.1 Å². The maximum Gasteiger partial charge on any atom is 0.237 e. The Bertz CT molecular complexity index is 386. The summed E-state index contributed by atoms with van der Waals surface area (Å²) in [7, 11) is 1.66. The average molecular weight is 234 g/mol. The van der Waals surface area contributed by atoms with E-state index in [9.17, 15) is 4.79 Å². The first-order valence-electron chi connectivity index (χ1n) is 5.78. The molecular formula is C13H18N2O2. The first-order valence-corrected chi connectivity index (χ1v) is 5.78. The zero-order valence-electron chi connectivity index (χ0n) is 9.98. The predicted octanol–water partition coefficient (Wildman–Crippen LogP) is 0.809. The van der Waals surface area contributed by atoms with Crippen molar-refractivity contribution in [2.75, 3.05) is 7.11 Å². The van der Waals surface area contributed by atoms with Gasteiger partial charge in [0.25, 0.3) is 0 Å². The number of nitrogens with one attached hydrogen (secondary N) is 1. The minimum absolute atomic E-state index is 0.144. The second kappa shape index (κ2) is 4.85. The van der Waals surface area contributed by atoms with E-state index in [-0.39, 0.29) is 12.0 Å². The maximum atomic E-state index is 11.5. The quantitative estimate of drug-likeness (QED) is 0.792. The van der Waals surface area contributed by atoms with E-state index in [2.05, 4.69) is 5.32 Å². The minimum Gasteiger partial charge on any atom is -0.381 e. The van der Waals surface area contributed by atoms with Crippen LogP contribution < -0.4 is 11.1 Å². The fourth-order valence-electron chi connectivity index (χ4n) is 2.18. The number of ether oxygens (including phenoxy) is 1. The highest BCUT2D eigenvalue weighted by atomic mass is 16.5. The van der Waals surface area contributed by atoms with Crippen molar-refractivity contribution >= 4 is 5.91 Å². The van der Waals surface area contributed by atoms with Crippen LogP contribution in [0.1, 0.15) is 18.4 Å². The normalized spacial score (nSPS) is 27.5. The molecule has 0 heterocycles. The van der Waals surface area contributed by atoms with E-state index in [1.54, 1.807) is 7.11 Å². The highest BCUT2D eigenvalue weighted by Gasteiger charge is 2.48. The molecule has 1 aliphatic carbocycles. The van der Waals surface area contributed by atoms with Crippen molar-refractivity contribution in [1.29, 1.82) is 0 Å². The number of rotatable bonds is 5. The van der Waals surface area contributed by atoms with E-state index in [1.165, 1.54) is 0 Å². The zero-order chi connectivity index (χ0) is 12.3. The summed E-state index contributed by atoms with van der Waals surface area (Å²) in [4.78, 5) is 11.5. The van der Waals surface area contributed by atoms with E-state index in [4.69, 9.17) is 10.5 Å². The Labute approximate surface area is 101 Å². The highest BCUT2D eigenvalue weighted by Crippen LogP contribution is 2.34. The number of hydrogen-bond acceptors (Lipinski definition) is 3. The molecule has 0 spiro atoms. The molecule has 0 bridgehead atoms. The van der Waals surface area contributed by atoms with Crippen LogP contribution in [0, 0.1) is 0 Å². The summed E-state index contributed by atoms with van der Waals surface area (Å²) in [5, 5.41) is 3.26. The van der Waals surface area contributed by atoms with Crippen molar-refractivity contribution in [3.63, 3.8) is 0 Å². The Kier molecular flexibility index (Phi) is 3.45. The standard InChI is InChI=1S/C13H18N2O2/c1-17-11-7-13(8-11,12(14)16)15-9-10-5-3-2-4-6-10/h2-6,11,15H,7-9H2,1H3,(H2,14,16). The lowest BCUT2D eigenvalue weighted by Crippen LogP contribution is -2.65. The summed E-state index contributed by atoms with van der Waals surface area (Å²) in [6.45, 7) is 0.653. The Morgan fingerprint density at radius 2 is 2.12 bits per heavy atom. The molecule has 0 saturated heterocycles. The lowest BCUT2D eigenvalue weighted by Gasteiger charge is -2.45. The van der Waals surface area contributed by atoms with E-state index < -0.39 is 5.54 Å². The number of carbonyl (C=O) groups is 1. The maximum absolute atomic E-state index is 11.5. The van der Waals surface area contributed by atoms with Crippen LogP contribution in [-0.2, 0) is 16.1 Å². The van der Waals surface area contributed by atoms with Crippen LogP contribution in [0.25, 0.3) is 0 Å². The molecule has 92 valence electrons. The average Bonchev–Trinajstić information content (AvgIpc) is 2.29. The van der Waals surface area contributed by atoms with E-state index >= 15 is 0 Å². The van der Waals surface area contributed by atoms with E-state index in [0.29, 0.717) is 19.4 Å². The molecule has 2 rings (SSSR count). The van der Waals surface area contributed by atoms with E-state index in [1.807, 2.05) is 30.3 Å². The van der Waals surface area contributed by atoms with Gasteiger partial charge in [0.1, 0.15) is 5.54 Å². The molecule has 4 nitrogen and oxygen atoms in total. The van der Waals surface area contributed by atoms with Crippen molar-refractivity contribution in [3.05, 3.63) is 35.9 Å². The van der Waals surface area contributed by atoms with Crippen LogP contribution in [0.2, 0.25) is 0 Å². The second-order valence-corrected chi connectivity index (χ2v) is 4.55. The molecule has 4 heteroatoms. The molecule has 1 fully saturated rings. The van der Waals surface area contributed by atoms with Crippen LogP contribution in [0.4, 0.5) is 0 Å². The van der Waals surface area contributed by atoms with Gasteiger partial charge in [0, 0.05) is 26.5 Å². The van der Waals surface area contributed by atoms with Gasteiger partial charge in [-0.1, -0.05) is 30.3 Å². The van der Waals surface area contributed by atoms with Crippen LogP contribution in [-0.4, -0.2) is 24.7 Å². The monoisotopic (exact) mass is 234 g/mol. The third-order valence-corrected chi connectivity index (χ3v) is 3.43. The van der Waals surface area contributed by atoms with Crippen molar-refractivity contribution in [1.82, 2.24) is 5.32 Å². The van der Waals surface area contributed by atoms with Crippen LogP contribution in [0.15, 0.2) is 30.3 Å².